The highest BCUT2D eigenvalue weighted by atomic mass is 16.5. The van der Waals surface area contributed by atoms with Gasteiger partial charge in [-0.05, 0) is 29.7 Å². The molecule has 0 aliphatic carbocycles. The molecule has 0 aliphatic heterocycles. The van der Waals surface area contributed by atoms with Crippen LogP contribution in [0.5, 0.6) is 5.75 Å². The number of aromatic nitrogens is 1. The standard InChI is InChI=1S/C24H22N2O2/c27-24(25-15-14-19-16-26-22-12-6-4-10-20(19)22)17-28-23-13-7-5-11-21(23)18-8-2-1-3-9-18/h1-13,16,26H,14-15,17H2,(H,25,27). The van der Waals surface area contributed by atoms with Gasteiger partial charge in [0.1, 0.15) is 5.75 Å². The van der Waals surface area contributed by atoms with E-state index in [1.54, 1.807) is 0 Å². The van der Waals surface area contributed by atoms with Crippen LogP contribution in [0.15, 0.2) is 85.1 Å². The quantitative estimate of drug-likeness (QED) is 0.501. The summed E-state index contributed by atoms with van der Waals surface area (Å²) in [6, 6.07) is 26.0. The summed E-state index contributed by atoms with van der Waals surface area (Å²) >= 11 is 0. The van der Waals surface area contributed by atoms with Crippen molar-refractivity contribution in [3.05, 3.63) is 90.6 Å². The van der Waals surface area contributed by atoms with E-state index in [1.165, 1.54) is 10.9 Å². The Labute approximate surface area is 164 Å². The molecule has 1 amide bonds. The Bertz CT molecular complexity index is 1070. The maximum atomic E-state index is 12.2. The molecule has 0 radical (unpaired) electrons. The van der Waals surface area contributed by atoms with Gasteiger partial charge in [-0.25, -0.2) is 0 Å². The van der Waals surface area contributed by atoms with E-state index in [0.717, 1.165) is 23.1 Å². The van der Waals surface area contributed by atoms with Crippen molar-refractivity contribution in [2.75, 3.05) is 13.2 Å². The normalized spacial score (nSPS) is 10.7. The summed E-state index contributed by atoms with van der Waals surface area (Å²) in [7, 11) is 0. The number of H-pyrrole nitrogens is 1. The van der Waals surface area contributed by atoms with Crippen LogP contribution in [0.3, 0.4) is 0 Å². The van der Waals surface area contributed by atoms with Crippen LogP contribution in [0, 0.1) is 0 Å². The molecule has 4 nitrogen and oxygen atoms in total. The van der Waals surface area contributed by atoms with E-state index in [9.17, 15) is 4.79 Å². The van der Waals surface area contributed by atoms with Crippen molar-refractivity contribution in [3.63, 3.8) is 0 Å². The van der Waals surface area contributed by atoms with E-state index in [2.05, 4.69) is 22.4 Å². The summed E-state index contributed by atoms with van der Waals surface area (Å²) in [5, 5.41) is 4.14. The van der Waals surface area contributed by atoms with Gasteiger partial charge >= 0.3 is 0 Å². The first-order valence-electron chi connectivity index (χ1n) is 9.40. The molecule has 0 atom stereocenters. The van der Waals surface area contributed by atoms with Crippen molar-refractivity contribution >= 4 is 16.8 Å². The minimum Gasteiger partial charge on any atom is -0.483 e. The number of fused-ring (bicyclic) bond motifs is 1. The maximum Gasteiger partial charge on any atom is 0.257 e. The molecule has 0 bridgehead atoms. The molecule has 2 N–H and O–H groups in total. The lowest BCUT2D eigenvalue weighted by Crippen LogP contribution is -2.30. The van der Waals surface area contributed by atoms with Crippen LogP contribution >= 0.6 is 0 Å². The monoisotopic (exact) mass is 370 g/mol. The number of nitrogens with one attached hydrogen (secondary N) is 2. The molecule has 0 aliphatic rings. The van der Waals surface area contributed by atoms with Gasteiger partial charge in [-0.2, -0.15) is 0 Å². The molecule has 4 heteroatoms. The van der Waals surface area contributed by atoms with E-state index in [0.29, 0.717) is 12.3 Å². The highest BCUT2D eigenvalue weighted by Crippen LogP contribution is 2.29. The zero-order chi connectivity index (χ0) is 19.2. The van der Waals surface area contributed by atoms with Crippen LogP contribution in [-0.2, 0) is 11.2 Å². The number of para-hydroxylation sites is 2. The van der Waals surface area contributed by atoms with Crippen molar-refractivity contribution in [1.29, 1.82) is 0 Å². The Kier molecular flexibility index (Phi) is 5.38. The number of benzene rings is 3. The number of ether oxygens (including phenoxy) is 1. The Balaban J connectivity index is 1.32. The number of rotatable bonds is 7. The van der Waals surface area contributed by atoms with Gasteiger partial charge in [0.25, 0.3) is 5.91 Å². The van der Waals surface area contributed by atoms with Crippen LogP contribution in [0.2, 0.25) is 0 Å². The van der Waals surface area contributed by atoms with Gasteiger partial charge in [-0.1, -0.05) is 66.7 Å². The van der Waals surface area contributed by atoms with Gasteiger partial charge in [0.05, 0.1) is 0 Å². The summed E-state index contributed by atoms with van der Waals surface area (Å²) in [5.41, 5.74) is 4.36. The third kappa shape index (κ3) is 4.07. The second kappa shape index (κ2) is 8.44. The molecule has 0 saturated heterocycles. The lowest BCUT2D eigenvalue weighted by Gasteiger charge is -2.12. The third-order valence-corrected chi connectivity index (χ3v) is 4.72. The number of hydrogen-bond acceptors (Lipinski definition) is 2. The lowest BCUT2D eigenvalue weighted by molar-refractivity contribution is -0.123. The number of amides is 1. The van der Waals surface area contributed by atoms with Crippen LogP contribution in [0.1, 0.15) is 5.56 Å². The maximum absolute atomic E-state index is 12.2. The molecular weight excluding hydrogens is 348 g/mol. The zero-order valence-corrected chi connectivity index (χ0v) is 15.5. The predicted molar refractivity (Wildman–Crippen MR) is 112 cm³/mol. The smallest absolute Gasteiger partial charge is 0.257 e. The number of hydrogen-bond donors (Lipinski definition) is 2. The summed E-state index contributed by atoms with van der Waals surface area (Å²) in [4.78, 5) is 15.5. The van der Waals surface area contributed by atoms with Crippen molar-refractivity contribution in [2.45, 2.75) is 6.42 Å². The van der Waals surface area contributed by atoms with Gasteiger partial charge in [0.15, 0.2) is 6.61 Å². The van der Waals surface area contributed by atoms with Gasteiger partial charge in [0.2, 0.25) is 0 Å². The minimum atomic E-state index is -0.122. The summed E-state index contributed by atoms with van der Waals surface area (Å²) in [6.45, 7) is 0.572. The fourth-order valence-electron chi connectivity index (χ4n) is 3.32. The molecule has 4 rings (SSSR count). The Morgan fingerprint density at radius 2 is 1.64 bits per heavy atom. The molecule has 28 heavy (non-hydrogen) atoms. The van der Waals surface area contributed by atoms with Gasteiger partial charge in [0, 0.05) is 29.2 Å². The number of carbonyl (C=O) groups excluding carboxylic acids is 1. The minimum absolute atomic E-state index is 0.00225. The molecule has 140 valence electrons. The Hall–Kier alpha value is -3.53. The first kappa shape index (κ1) is 17.9. The predicted octanol–water partition coefficient (Wildman–Crippen LogP) is 4.57. The van der Waals surface area contributed by atoms with E-state index in [1.807, 2.05) is 72.9 Å². The number of carbonyl (C=O) groups is 1. The lowest BCUT2D eigenvalue weighted by atomic mass is 10.1. The topological polar surface area (TPSA) is 54.1 Å². The second-order valence-corrected chi connectivity index (χ2v) is 6.61. The first-order chi connectivity index (χ1) is 13.8. The van der Waals surface area contributed by atoms with Crippen molar-refractivity contribution in [1.82, 2.24) is 10.3 Å². The van der Waals surface area contributed by atoms with Crippen molar-refractivity contribution < 1.29 is 9.53 Å². The highest BCUT2D eigenvalue weighted by Gasteiger charge is 2.09. The molecule has 0 saturated carbocycles. The molecule has 0 fully saturated rings. The van der Waals surface area contributed by atoms with E-state index < -0.39 is 0 Å². The van der Waals surface area contributed by atoms with E-state index in [-0.39, 0.29) is 12.5 Å². The second-order valence-electron chi connectivity index (χ2n) is 6.61. The molecule has 3 aromatic carbocycles. The fourth-order valence-corrected chi connectivity index (χ4v) is 3.32. The first-order valence-corrected chi connectivity index (χ1v) is 9.40. The molecule has 1 heterocycles. The van der Waals surface area contributed by atoms with Crippen LogP contribution in [0.25, 0.3) is 22.0 Å². The fraction of sp³-hybridized carbons (Fsp3) is 0.125. The average molecular weight is 370 g/mol. The van der Waals surface area contributed by atoms with Crippen molar-refractivity contribution in [2.24, 2.45) is 0 Å². The van der Waals surface area contributed by atoms with Gasteiger partial charge in [-0.15, -0.1) is 0 Å². The average Bonchev–Trinajstić information content (AvgIpc) is 3.16. The van der Waals surface area contributed by atoms with Crippen LogP contribution in [-0.4, -0.2) is 24.0 Å². The molecule has 0 unspecified atom stereocenters. The van der Waals surface area contributed by atoms with Crippen molar-refractivity contribution in [3.8, 4) is 16.9 Å². The molecular formula is C24H22N2O2. The van der Waals surface area contributed by atoms with E-state index in [4.69, 9.17) is 4.74 Å². The Morgan fingerprint density at radius 1 is 0.893 bits per heavy atom. The van der Waals surface area contributed by atoms with Gasteiger partial charge < -0.3 is 15.0 Å². The van der Waals surface area contributed by atoms with Crippen LogP contribution < -0.4 is 10.1 Å². The third-order valence-electron chi connectivity index (χ3n) is 4.72. The SMILES string of the molecule is O=C(COc1ccccc1-c1ccccc1)NCCc1c[nH]c2ccccc12. The summed E-state index contributed by atoms with van der Waals surface area (Å²) in [6.07, 6.45) is 2.78. The van der Waals surface area contributed by atoms with Gasteiger partial charge in [-0.3, -0.25) is 4.79 Å². The van der Waals surface area contributed by atoms with Crippen LogP contribution in [0.4, 0.5) is 0 Å². The molecule has 0 spiro atoms. The largest absolute Gasteiger partial charge is 0.483 e. The molecule has 4 aromatic rings. The number of aromatic amines is 1. The zero-order valence-electron chi connectivity index (χ0n) is 15.5. The highest BCUT2D eigenvalue weighted by molar-refractivity contribution is 5.83. The molecule has 1 aromatic heterocycles. The summed E-state index contributed by atoms with van der Waals surface area (Å²) in [5.74, 6) is 0.586. The summed E-state index contributed by atoms with van der Waals surface area (Å²) < 4.78 is 5.79. The van der Waals surface area contributed by atoms with E-state index >= 15 is 0 Å². The Morgan fingerprint density at radius 3 is 2.54 bits per heavy atom.